The summed E-state index contributed by atoms with van der Waals surface area (Å²) in [6.07, 6.45) is 14.5. The number of carbonyl (C=O) groups excluding carboxylic acids is 6. The topological polar surface area (TPSA) is 256 Å². The van der Waals surface area contributed by atoms with Crippen LogP contribution in [0, 0.1) is 0 Å². The summed E-state index contributed by atoms with van der Waals surface area (Å²) < 4.78 is 22.6. The van der Waals surface area contributed by atoms with Gasteiger partial charge in [0.1, 0.15) is 27.0 Å². The number of thiophene rings is 1. The van der Waals surface area contributed by atoms with Gasteiger partial charge in [0.05, 0.1) is 61.5 Å². The van der Waals surface area contributed by atoms with Gasteiger partial charge in [-0.05, 0) is 81.8 Å². The van der Waals surface area contributed by atoms with Crippen LogP contribution in [0.4, 0.5) is 26.8 Å². The van der Waals surface area contributed by atoms with Gasteiger partial charge in [-0.25, -0.2) is 24.5 Å². The van der Waals surface area contributed by atoms with Gasteiger partial charge in [-0.2, -0.15) is 11.8 Å². The number of carbonyl (C=O) groups is 6. The molecule has 0 bridgehead atoms. The minimum absolute atomic E-state index is 0.0596. The first kappa shape index (κ1) is 56.8. The molecule has 414 valence electrons. The Hall–Kier alpha value is -6.37. The number of fused-ring (bicyclic) bond motifs is 1. The molecular weight excluding hydrogens is 1030 g/mol. The minimum atomic E-state index is -0.436. The molecule has 1 aromatic carbocycles. The zero-order valence-corrected chi connectivity index (χ0v) is 45.0. The van der Waals surface area contributed by atoms with E-state index in [4.69, 9.17) is 18.9 Å². The first-order chi connectivity index (χ1) is 37.7. The number of hydrogen-bond donors (Lipinski definition) is 7. The fourth-order valence-corrected chi connectivity index (χ4v) is 12.1. The van der Waals surface area contributed by atoms with E-state index in [1.807, 2.05) is 54.2 Å². The van der Waals surface area contributed by atoms with Crippen LogP contribution in [-0.4, -0.2) is 159 Å². The molecule has 4 aliphatic heterocycles. The number of amides is 8. The van der Waals surface area contributed by atoms with Gasteiger partial charge in [0.2, 0.25) is 17.7 Å². The molecule has 23 heteroatoms. The highest BCUT2D eigenvalue weighted by molar-refractivity contribution is 8.00. The number of anilines is 3. The Kier molecular flexibility index (Phi) is 22.1. The molecule has 8 rings (SSSR count). The summed E-state index contributed by atoms with van der Waals surface area (Å²) in [5.74, 6) is 2.12. The van der Waals surface area contributed by atoms with E-state index in [2.05, 4.69) is 52.1 Å². The fraction of sp³-hybridized carbons (Fsp3) is 0.519. The number of nitrogens with one attached hydrogen (secondary N) is 7. The van der Waals surface area contributed by atoms with Crippen LogP contribution in [0.25, 0.3) is 10.2 Å². The number of aromatic nitrogens is 2. The molecule has 21 nitrogen and oxygen atoms in total. The molecule has 4 aliphatic rings. The summed E-state index contributed by atoms with van der Waals surface area (Å²) in [5.41, 5.74) is 1.03. The molecule has 7 N–H and O–H groups in total. The van der Waals surface area contributed by atoms with Gasteiger partial charge < -0.3 is 56.2 Å². The van der Waals surface area contributed by atoms with Gasteiger partial charge in [-0.15, -0.1) is 11.3 Å². The summed E-state index contributed by atoms with van der Waals surface area (Å²) in [6.45, 7) is 6.48. The largest absolute Gasteiger partial charge is 0.456 e. The molecule has 0 aliphatic carbocycles. The number of thioether (sulfide) groups is 1. The second-order valence-electron chi connectivity index (χ2n) is 19.2. The normalized spacial score (nSPS) is 18.9. The average molecular weight is 1100 g/mol. The lowest BCUT2D eigenvalue weighted by Gasteiger charge is -2.32. The zero-order chi connectivity index (χ0) is 53.6. The Bertz CT molecular complexity index is 2630. The second-order valence-corrected chi connectivity index (χ2v) is 21.4. The highest BCUT2D eigenvalue weighted by Gasteiger charge is 2.42. The van der Waals surface area contributed by atoms with Crippen molar-refractivity contribution in [1.82, 2.24) is 46.8 Å². The predicted octanol–water partition coefficient (Wildman–Crippen LogP) is 5.99. The van der Waals surface area contributed by atoms with Crippen LogP contribution in [-0.2, 0) is 28.6 Å². The standard InChI is InChI=1S/C54H71N11O10S2/c66-44(16-5-4-15-42-48-40(36-76-42)61-53(70)62-48)56-23-10-28-72-30-32-74-33-31-73-29-11-24-57-46(68)18-8-17-45(67)55-22-6-7-26-64-27-9-12-37(35-64)60-51(69)50-49-47-41(21-25-58-52(47)77-50)65(54(71)63-49)43-20-19-39(34-59-43)75-38-13-2-1-3-14-38/h1-3,6-7,13-14,19-21,25,34,37,40,42,48H,4-5,8-12,15-18,22-24,26-33,35-36H2,(H,55,67)(H,56,66)(H,57,68)(H,60,69)(H,63,71)(H2,61,62,70)/b7-6+/t37?,40-,42-,48-/m1/s1. The van der Waals surface area contributed by atoms with Crippen LogP contribution in [0.2, 0.25) is 0 Å². The number of para-hydroxylation sites is 1. The van der Waals surface area contributed by atoms with Crippen LogP contribution >= 0.6 is 23.1 Å². The smallest absolute Gasteiger partial charge is 0.332 e. The number of benzene rings is 1. The average Bonchev–Trinajstić information content (AvgIpc) is 4.13. The van der Waals surface area contributed by atoms with Crippen LogP contribution in [0.3, 0.4) is 0 Å². The maximum atomic E-state index is 13.8. The third kappa shape index (κ3) is 17.3. The number of unbranched alkanes of at least 4 members (excludes halogenated alkanes) is 1. The quantitative estimate of drug-likeness (QED) is 0.0169. The van der Waals surface area contributed by atoms with E-state index < -0.39 is 6.03 Å². The molecule has 1 unspecified atom stereocenters. The highest BCUT2D eigenvalue weighted by atomic mass is 32.2. The van der Waals surface area contributed by atoms with Crippen molar-refractivity contribution >= 4 is 86.2 Å². The fourth-order valence-electron chi connectivity index (χ4n) is 9.53. The maximum Gasteiger partial charge on any atom is 0.332 e. The van der Waals surface area contributed by atoms with Crippen molar-refractivity contribution < 1.29 is 47.7 Å². The van der Waals surface area contributed by atoms with E-state index >= 15 is 0 Å². The van der Waals surface area contributed by atoms with Crippen molar-refractivity contribution in [2.24, 2.45) is 0 Å². The van der Waals surface area contributed by atoms with E-state index in [-0.39, 0.29) is 60.6 Å². The number of hydrogen-bond acceptors (Lipinski definition) is 15. The number of pyridine rings is 2. The van der Waals surface area contributed by atoms with Crippen molar-refractivity contribution in [1.29, 1.82) is 0 Å². The molecule has 0 saturated carbocycles. The van der Waals surface area contributed by atoms with Crippen LogP contribution < -0.4 is 46.9 Å². The Labute approximate surface area is 457 Å². The molecular formula is C54H71N11O10S2. The lowest BCUT2D eigenvalue weighted by molar-refractivity contribution is -0.123. The van der Waals surface area contributed by atoms with Gasteiger partial charge in [-0.1, -0.05) is 36.8 Å². The van der Waals surface area contributed by atoms with Crippen molar-refractivity contribution in [3.8, 4) is 11.5 Å². The van der Waals surface area contributed by atoms with Gasteiger partial charge in [-0.3, -0.25) is 24.1 Å². The van der Waals surface area contributed by atoms with Crippen molar-refractivity contribution in [2.75, 3.05) is 94.9 Å². The first-order valence-corrected chi connectivity index (χ1v) is 28.7. The number of urea groups is 2. The number of likely N-dealkylation sites (tertiary alicyclic amines) is 1. The first-order valence-electron chi connectivity index (χ1n) is 26.8. The summed E-state index contributed by atoms with van der Waals surface area (Å²) in [4.78, 5) is 89.6. The Balaban J connectivity index is 0.599. The number of piperidine rings is 1. The number of ether oxygens (including phenoxy) is 4. The molecule has 4 aromatic rings. The molecule has 0 spiro atoms. The Morgan fingerprint density at radius 1 is 0.766 bits per heavy atom. The van der Waals surface area contributed by atoms with E-state index in [1.165, 1.54) is 16.2 Å². The van der Waals surface area contributed by atoms with Crippen molar-refractivity contribution in [2.45, 2.75) is 94.0 Å². The number of rotatable bonds is 32. The van der Waals surface area contributed by atoms with Gasteiger partial charge in [0.25, 0.3) is 5.91 Å². The minimum Gasteiger partial charge on any atom is -0.456 e. The zero-order valence-electron chi connectivity index (χ0n) is 43.4. The van der Waals surface area contributed by atoms with Crippen molar-refractivity contribution in [3.63, 3.8) is 0 Å². The van der Waals surface area contributed by atoms with Gasteiger partial charge in [0, 0.05) is 88.4 Å². The van der Waals surface area contributed by atoms with Crippen molar-refractivity contribution in [3.05, 3.63) is 78.0 Å². The van der Waals surface area contributed by atoms with Crippen LogP contribution in [0.5, 0.6) is 11.5 Å². The molecule has 8 amide bonds. The van der Waals surface area contributed by atoms with Gasteiger partial charge in [0.15, 0.2) is 0 Å². The molecule has 3 saturated heterocycles. The molecule has 77 heavy (non-hydrogen) atoms. The monoisotopic (exact) mass is 1100 g/mol. The van der Waals surface area contributed by atoms with Gasteiger partial charge >= 0.3 is 12.1 Å². The predicted molar refractivity (Wildman–Crippen MR) is 296 cm³/mol. The van der Waals surface area contributed by atoms with E-state index in [9.17, 15) is 28.8 Å². The van der Waals surface area contributed by atoms with E-state index in [1.54, 1.807) is 30.6 Å². The summed E-state index contributed by atoms with van der Waals surface area (Å²) in [7, 11) is 0. The molecule has 7 heterocycles. The molecule has 0 radical (unpaired) electrons. The highest BCUT2D eigenvalue weighted by Crippen LogP contribution is 2.45. The number of nitrogens with zero attached hydrogens (tertiary/aromatic N) is 4. The van der Waals surface area contributed by atoms with Crippen LogP contribution in [0.15, 0.2) is 73.1 Å². The summed E-state index contributed by atoms with van der Waals surface area (Å²) >= 11 is 3.14. The third-order valence-corrected chi connectivity index (χ3v) is 16.0. The van der Waals surface area contributed by atoms with Crippen LogP contribution in [0.1, 0.15) is 80.3 Å². The molecule has 3 aromatic heterocycles. The molecule has 4 atom stereocenters. The SMILES string of the molecule is O=C(CCCC(=O)NCCCOCCOCCOCCCNC(=O)CCCC[C@H]1SC[C@H]2NC(=O)N[C@H]21)NC/C=C/CN1CCCC(NC(=O)c2sc3nccc4c3c2NC(=O)N4c2ccc(Oc3ccccc3)cn2)C1. The maximum absolute atomic E-state index is 13.8. The lowest BCUT2D eigenvalue weighted by Crippen LogP contribution is -2.47. The van der Waals surface area contributed by atoms with E-state index in [0.29, 0.717) is 141 Å². The van der Waals surface area contributed by atoms with E-state index in [0.717, 1.165) is 50.8 Å². The third-order valence-electron chi connectivity index (χ3n) is 13.4. The summed E-state index contributed by atoms with van der Waals surface area (Å²) in [6, 6.07) is 14.4. The summed E-state index contributed by atoms with van der Waals surface area (Å²) in [5, 5.41) is 21.9. The lowest BCUT2D eigenvalue weighted by atomic mass is 10.0. The second kappa shape index (κ2) is 30.0. The molecule has 3 fully saturated rings. The Morgan fingerprint density at radius 2 is 1.49 bits per heavy atom. The Morgan fingerprint density at radius 3 is 2.23 bits per heavy atom.